The summed E-state index contributed by atoms with van der Waals surface area (Å²) in [4.78, 5) is 0. The lowest BCUT2D eigenvalue weighted by atomic mass is 10.1. The van der Waals surface area contributed by atoms with Crippen molar-refractivity contribution in [3.63, 3.8) is 0 Å². The van der Waals surface area contributed by atoms with Crippen LogP contribution in [0.15, 0.2) is 18.2 Å². The van der Waals surface area contributed by atoms with E-state index >= 15 is 0 Å². The molecule has 0 radical (unpaired) electrons. The molecule has 0 saturated carbocycles. The molecule has 2 N–H and O–H groups in total. The Morgan fingerprint density at radius 3 is 2.67 bits per heavy atom. The van der Waals surface area contributed by atoms with Crippen LogP contribution in [-0.2, 0) is 16.4 Å². The van der Waals surface area contributed by atoms with E-state index in [-0.39, 0.29) is 5.75 Å². The van der Waals surface area contributed by atoms with Crippen molar-refractivity contribution in [2.75, 3.05) is 38.6 Å². The quantitative estimate of drug-likeness (QED) is 0.685. The van der Waals surface area contributed by atoms with Crippen molar-refractivity contribution >= 4 is 10.0 Å². The van der Waals surface area contributed by atoms with E-state index in [9.17, 15) is 8.42 Å². The molecule has 0 aliphatic carbocycles. The van der Waals surface area contributed by atoms with Crippen molar-refractivity contribution in [1.82, 2.24) is 10.0 Å². The molecule has 118 valence electrons. The minimum Gasteiger partial charge on any atom is -0.486 e. The number of nitrogens with one attached hydrogen (secondary N) is 2. The van der Waals surface area contributed by atoms with E-state index in [1.807, 2.05) is 25.1 Å². The first kappa shape index (κ1) is 16.1. The maximum Gasteiger partial charge on any atom is 0.212 e. The maximum atomic E-state index is 11.7. The predicted octanol–water partition coefficient (Wildman–Crippen LogP) is 0.529. The molecule has 0 aromatic heterocycles. The van der Waals surface area contributed by atoms with E-state index in [0.717, 1.165) is 23.6 Å². The van der Waals surface area contributed by atoms with Crippen LogP contribution in [0.5, 0.6) is 11.5 Å². The predicted molar refractivity (Wildman–Crippen MR) is 81.5 cm³/mol. The van der Waals surface area contributed by atoms with Crippen molar-refractivity contribution in [2.24, 2.45) is 0 Å². The minimum absolute atomic E-state index is 0.0992. The fourth-order valence-corrected chi connectivity index (χ4v) is 3.02. The number of benzene rings is 1. The van der Waals surface area contributed by atoms with Gasteiger partial charge < -0.3 is 14.8 Å². The number of fused-ring (bicyclic) bond motifs is 1. The van der Waals surface area contributed by atoms with Crippen LogP contribution in [0.25, 0.3) is 0 Å². The number of hydrogen-bond acceptors (Lipinski definition) is 5. The molecule has 0 bridgehead atoms. The average molecular weight is 314 g/mol. The fourth-order valence-electron chi connectivity index (χ4n) is 2.05. The molecular formula is C14H22N2O4S. The summed E-state index contributed by atoms with van der Waals surface area (Å²) in [6.45, 7) is 4.68. The van der Waals surface area contributed by atoms with Crippen LogP contribution in [0, 0.1) is 0 Å². The molecule has 0 fully saturated rings. The second kappa shape index (κ2) is 7.63. The second-order valence-electron chi connectivity index (χ2n) is 4.79. The Kier molecular flexibility index (Phi) is 5.84. The fraction of sp³-hybridized carbons (Fsp3) is 0.571. The van der Waals surface area contributed by atoms with Crippen LogP contribution < -0.4 is 19.5 Å². The molecule has 2 rings (SSSR count). The van der Waals surface area contributed by atoms with E-state index < -0.39 is 10.0 Å². The van der Waals surface area contributed by atoms with Crippen molar-refractivity contribution in [3.05, 3.63) is 23.8 Å². The van der Waals surface area contributed by atoms with Crippen LogP contribution in [0.1, 0.15) is 12.5 Å². The van der Waals surface area contributed by atoms with Gasteiger partial charge in [0.05, 0.1) is 5.75 Å². The Labute approximate surface area is 125 Å². The molecule has 7 heteroatoms. The highest BCUT2D eigenvalue weighted by molar-refractivity contribution is 7.89. The first-order valence-electron chi connectivity index (χ1n) is 7.17. The molecular weight excluding hydrogens is 292 g/mol. The lowest BCUT2D eigenvalue weighted by Crippen LogP contribution is -2.33. The molecule has 0 spiro atoms. The van der Waals surface area contributed by atoms with Crippen molar-refractivity contribution in [2.45, 2.75) is 13.3 Å². The van der Waals surface area contributed by atoms with Gasteiger partial charge in [0.15, 0.2) is 11.5 Å². The molecule has 0 atom stereocenters. The standard InChI is InChI=1S/C14H22N2O4S/c1-2-15-7-10-21(17,18)16-6-5-12-3-4-13-14(11-12)20-9-8-19-13/h3-4,11,15-16H,2,5-10H2,1H3. The zero-order valence-electron chi connectivity index (χ0n) is 12.2. The molecule has 1 heterocycles. The largest absolute Gasteiger partial charge is 0.486 e. The van der Waals surface area contributed by atoms with Gasteiger partial charge in [0.25, 0.3) is 0 Å². The molecule has 0 saturated heterocycles. The van der Waals surface area contributed by atoms with E-state index in [1.54, 1.807) is 0 Å². The minimum atomic E-state index is -3.21. The van der Waals surface area contributed by atoms with Gasteiger partial charge in [0, 0.05) is 13.1 Å². The first-order chi connectivity index (χ1) is 10.1. The van der Waals surface area contributed by atoms with E-state index in [4.69, 9.17) is 9.47 Å². The Hall–Kier alpha value is -1.31. The molecule has 0 amide bonds. The highest BCUT2D eigenvalue weighted by Gasteiger charge is 2.12. The van der Waals surface area contributed by atoms with Gasteiger partial charge >= 0.3 is 0 Å². The number of rotatable bonds is 8. The molecule has 1 aliphatic heterocycles. The first-order valence-corrected chi connectivity index (χ1v) is 8.82. The Bertz CT molecular complexity index is 560. The normalized spacial score (nSPS) is 14.1. The number of ether oxygens (including phenoxy) is 2. The summed E-state index contributed by atoms with van der Waals surface area (Å²) < 4.78 is 37.0. The smallest absolute Gasteiger partial charge is 0.212 e. The van der Waals surface area contributed by atoms with E-state index in [1.165, 1.54) is 0 Å². The molecule has 0 unspecified atom stereocenters. The van der Waals surface area contributed by atoms with E-state index in [0.29, 0.717) is 32.7 Å². The van der Waals surface area contributed by atoms with Gasteiger partial charge in [0.2, 0.25) is 10.0 Å². The Morgan fingerprint density at radius 1 is 1.14 bits per heavy atom. The van der Waals surface area contributed by atoms with Crippen molar-refractivity contribution < 1.29 is 17.9 Å². The number of hydrogen-bond donors (Lipinski definition) is 2. The third-order valence-corrected chi connectivity index (χ3v) is 4.53. The number of sulfonamides is 1. The maximum absolute atomic E-state index is 11.7. The average Bonchev–Trinajstić information content (AvgIpc) is 2.47. The van der Waals surface area contributed by atoms with Gasteiger partial charge in [-0.25, -0.2) is 13.1 Å². The summed E-state index contributed by atoms with van der Waals surface area (Å²) >= 11 is 0. The van der Waals surface area contributed by atoms with Crippen molar-refractivity contribution in [1.29, 1.82) is 0 Å². The van der Waals surface area contributed by atoms with Crippen LogP contribution in [0.3, 0.4) is 0 Å². The Balaban J connectivity index is 1.80. The van der Waals surface area contributed by atoms with Crippen LogP contribution in [0.4, 0.5) is 0 Å². The second-order valence-corrected chi connectivity index (χ2v) is 6.72. The Morgan fingerprint density at radius 2 is 1.90 bits per heavy atom. The van der Waals surface area contributed by atoms with Crippen LogP contribution >= 0.6 is 0 Å². The molecule has 1 aromatic rings. The van der Waals surface area contributed by atoms with Gasteiger partial charge in [-0.3, -0.25) is 0 Å². The summed E-state index contributed by atoms with van der Waals surface area (Å²) in [6, 6.07) is 5.70. The van der Waals surface area contributed by atoms with Gasteiger partial charge in [-0.1, -0.05) is 13.0 Å². The van der Waals surface area contributed by atoms with Crippen LogP contribution in [-0.4, -0.2) is 47.0 Å². The summed E-state index contributed by atoms with van der Waals surface area (Å²) in [7, 11) is -3.21. The summed E-state index contributed by atoms with van der Waals surface area (Å²) in [5, 5.41) is 3.00. The molecule has 6 nitrogen and oxygen atoms in total. The third-order valence-electron chi connectivity index (χ3n) is 3.14. The SMILES string of the molecule is CCNCCS(=O)(=O)NCCc1ccc2c(c1)OCCO2. The van der Waals surface area contributed by atoms with Gasteiger partial charge in [-0.05, 0) is 30.7 Å². The summed E-state index contributed by atoms with van der Waals surface area (Å²) in [5.41, 5.74) is 1.02. The zero-order valence-corrected chi connectivity index (χ0v) is 13.0. The lowest BCUT2D eigenvalue weighted by molar-refractivity contribution is 0.171. The van der Waals surface area contributed by atoms with Gasteiger partial charge in [0.1, 0.15) is 13.2 Å². The van der Waals surface area contributed by atoms with Gasteiger partial charge in [-0.15, -0.1) is 0 Å². The topological polar surface area (TPSA) is 76.7 Å². The molecule has 1 aromatic carbocycles. The van der Waals surface area contributed by atoms with E-state index in [2.05, 4.69) is 10.0 Å². The molecule has 21 heavy (non-hydrogen) atoms. The monoisotopic (exact) mass is 314 g/mol. The zero-order chi connectivity index (χ0) is 15.1. The lowest BCUT2D eigenvalue weighted by Gasteiger charge is -2.18. The molecule has 1 aliphatic rings. The highest BCUT2D eigenvalue weighted by atomic mass is 32.2. The van der Waals surface area contributed by atoms with Crippen molar-refractivity contribution in [3.8, 4) is 11.5 Å². The van der Waals surface area contributed by atoms with Crippen LogP contribution in [0.2, 0.25) is 0 Å². The third kappa shape index (κ3) is 5.18. The summed E-state index contributed by atoms with van der Waals surface area (Å²) in [5.74, 6) is 1.58. The highest BCUT2D eigenvalue weighted by Crippen LogP contribution is 2.30. The summed E-state index contributed by atoms with van der Waals surface area (Å²) in [6.07, 6.45) is 0.622. The van der Waals surface area contributed by atoms with Gasteiger partial charge in [-0.2, -0.15) is 0 Å².